The lowest BCUT2D eigenvalue weighted by Gasteiger charge is -2.25. The lowest BCUT2D eigenvalue weighted by Crippen LogP contribution is -2.42. The fraction of sp³-hybridized carbons (Fsp3) is 0.435. The Kier molecular flexibility index (Phi) is 8.74. The highest BCUT2D eigenvalue weighted by atomic mass is 16.3. The highest BCUT2D eigenvalue weighted by Gasteiger charge is 2.31. The van der Waals surface area contributed by atoms with E-state index < -0.39 is 0 Å². The zero-order valence-electron chi connectivity index (χ0n) is 19.4. The average Bonchev–Trinajstić information content (AvgIpc) is 3.52. The molecule has 1 aliphatic rings. The minimum Gasteiger partial charge on any atom is -0.483 e. The maximum atomic E-state index is 12.5. The largest absolute Gasteiger partial charge is 0.483 e. The van der Waals surface area contributed by atoms with E-state index in [1.807, 2.05) is 49.1 Å². The van der Waals surface area contributed by atoms with Crippen molar-refractivity contribution in [1.82, 2.24) is 35.3 Å². The van der Waals surface area contributed by atoms with Crippen LogP contribution in [0.1, 0.15) is 35.4 Å². The van der Waals surface area contributed by atoms with Crippen molar-refractivity contribution in [3.8, 4) is 0 Å². The maximum absolute atomic E-state index is 12.5. The molecule has 1 aliphatic heterocycles. The van der Waals surface area contributed by atoms with Gasteiger partial charge in [0.05, 0.1) is 12.2 Å². The minimum absolute atomic E-state index is 0.0518. The normalized spacial score (nSPS) is 17.7. The van der Waals surface area contributed by atoms with Gasteiger partial charge in [-0.05, 0) is 51.1 Å². The van der Waals surface area contributed by atoms with Gasteiger partial charge in [-0.25, -0.2) is 4.98 Å². The molecule has 0 unspecified atom stereocenters. The van der Waals surface area contributed by atoms with Crippen LogP contribution in [-0.4, -0.2) is 80.3 Å². The van der Waals surface area contributed by atoms with E-state index in [1.165, 1.54) is 0 Å². The molecule has 0 radical (unpaired) electrons. The van der Waals surface area contributed by atoms with Crippen LogP contribution in [0.5, 0.6) is 0 Å². The van der Waals surface area contributed by atoms with Gasteiger partial charge in [-0.3, -0.25) is 24.0 Å². The Morgan fingerprint density at radius 1 is 1.26 bits per heavy atom. The summed E-state index contributed by atoms with van der Waals surface area (Å²) in [5.74, 6) is -0.0857. The number of aryl methyl sites for hydroxylation is 1. The predicted octanol–water partition coefficient (Wildman–Crippen LogP) is 1.17. The standard InChI is InChI=1S/C22H29N7O2.CH2O2/c1-15-7-10-29(27-15)11-9-23-20(30)13-17-5-6-18(28(17)2)14-25-22(31)19-12-16-4-3-8-24-21(16)26-19;2-1-3/h3-4,7-8,10,12,17-18H,5-6,9,11,13-14H2,1-2H3,(H,23,30)(H,24,26)(H,25,31);1H,(H,2,3)/t17-,18+;/m1./s1. The highest BCUT2D eigenvalue weighted by molar-refractivity contribution is 5.97. The van der Waals surface area contributed by atoms with Crippen LogP contribution in [0.25, 0.3) is 11.0 Å². The number of nitrogens with one attached hydrogen (secondary N) is 3. The molecule has 1 saturated heterocycles. The molecule has 182 valence electrons. The van der Waals surface area contributed by atoms with Crippen molar-refractivity contribution < 1.29 is 19.5 Å². The zero-order valence-corrected chi connectivity index (χ0v) is 19.4. The summed E-state index contributed by atoms with van der Waals surface area (Å²) >= 11 is 0. The van der Waals surface area contributed by atoms with Crippen LogP contribution >= 0.6 is 0 Å². The van der Waals surface area contributed by atoms with Crippen LogP contribution in [0.2, 0.25) is 0 Å². The van der Waals surface area contributed by atoms with E-state index in [4.69, 9.17) is 9.90 Å². The first kappa shape index (κ1) is 24.9. The van der Waals surface area contributed by atoms with Gasteiger partial charge in [0.1, 0.15) is 11.3 Å². The first-order chi connectivity index (χ1) is 16.4. The number of amides is 2. The maximum Gasteiger partial charge on any atom is 0.290 e. The summed E-state index contributed by atoms with van der Waals surface area (Å²) in [5.41, 5.74) is 2.19. The summed E-state index contributed by atoms with van der Waals surface area (Å²) < 4.78 is 1.83. The predicted molar refractivity (Wildman–Crippen MR) is 126 cm³/mol. The fourth-order valence-corrected chi connectivity index (χ4v) is 4.15. The van der Waals surface area contributed by atoms with E-state index >= 15 is 0 Å². The summed E-state index contributed by atoms with van der Waals surface area (Å²) in [7, 11) is 2.03. The second-order valence-corrected chi connectivity index (χ2v) is 8.26. The number of aromatic nitrogens is 4. The summed E-state index contributed by atoms with van der Waals surface area (Å²) in [6, 6.07) is 7.94. The Balaban J connectivity index is 0.00000103. The van der Waals surface area contributed by atoms with Crippen molar-refractivity contribution in [2.24, 2.45) is 0 Å². The smallest absolute Gasteiger partial charge is 0.290 e. The molecule has 4 heterocycles. The van der Waals surface area contributed by atoms with Crippen LogP contribution in [0.15, 0.2) is 36.7 Å². The first-order valence-corrected chi connectivity index (χ1v) is 11.2. The molecule has 3 aromatic rings. The molecule has 11 nitrogen and oxygen atoms in total. The van der Waals surface area contributed by atoms with Crippen molar-refractivity contribution >= 4 is 29.3 Å². The van der Waals surface area contributed by atoms with Gasteiger partial charge in [0.15, 0.2) is 0 Å². The molecule has 4 rings (SSSR count). The van der Waals surface area contributed by atoms with Crippen LogP contribution < -0.4 is 10.6 Å². The molecule has 2 atom stereocenters. The average molecular weight is 470 g/mol. The molecular weight excluding hydrogens is 438 g/mol. The van der Waals surface area contributed by atoms with E-state index in [0.717, 1.165) is 23.9 Å². The van der Waals surface area contributed by atoms with Gasteiger partial charge < -0.3 is 20.7 Å². The van der Waals surface area contributed by atoms with E-state index in [2.05, 4.69) is 30.6 Å². The number of H-pyrrole nitrogens is 1. The summed E-state index contributed by atoms with van der Waals surface area (Å²) in [4.78, 5) is 42.7. The Morgan fingerprint density at radius 3 is 2.74 bits per heavy atom. The van der Waals surface area contributed by atoms with Crippen molar-refractivity contribution in [3.63, 3.8) is 0 Å². The minimum atomic E-state index is -0.250. The van der Waals surface area contributed by atoms with Gasteiger partial charge in [-0.15, -0.1) is 0 Å². The molecule has 0 saturated carbocycles. The van der Waals surface area contributed by atoms with Crippen molar-refractivity contribution in [2.75, 3.05) is 20.1 Å². The molecule has 11 heteroatoms. The monoisotopic (exact) mass is 469 g/mol. The van der Waals surface area contributed by atoms with E-state index in [1.54, 1.807) is 6.20 Å². The number of fused-ring (bicyclic) bond motifs is 1. The first-order valence-electron chi connectivity index (χ1n) is 11.2. The number of hydrogen-bond acceptors (Lipinski definition) is 6. The highest BCUT2D eigenvalue weighted by Crippen LogP contribution is 2.24. The lowest BCUT2D eigenvalue weighted by atomic mass is 10.1. The molecule has 0 bridgehead atoms. The van der Waals surface area contributed by atoms with Gasteiger partial charge in [0.2, 0.25) is 5.91 Å². The number of carboxylic acid groups (broad SMARTS) is 1. The Morgan fingerprint density at radius 2 is 2.03 bits per heavy atom. The molecule has 0 aliphatic carbocycles. The molecule has 0 aromatic carbocycles. The number of nitrogens with zero attached hydrogens (tertiary/aromatic N) is 4. The van der Waals surface area contributed by atoms with Gasteiger partial charge >= 0.3 is 0 Å². The van der Waals surface area contributed by atoms with Gasteiger partial charge in [-0.1, -0.05) is 0 Å². The summed E-state index contributed by atoms with van der Waals surface area (Å²) in [6.45, 7) is 3.48. The van der Waals surface area contributed by atoms with Crippen LogP contribution in [-0.2, 0) is 16.1 Å². The molecule has 4 N–H and O–H groups in total. The van der Waals surface area contributed by atoms with Crippen molar-refractivity contribution in [1.29, 1.82) is 0 Å². The van der Waals surface area contributed by atoms with Crippen LogP contribution in [0.4, 0.5) is 0 Å². The Bertz CT molecular complexity index is 1080. The molecular formula is C23H31N7O4. The van der Waals surface area contributed by atoms with Crippen LogP contribution in [0.3, 0.4) is 0 Å². The molecule has 2 amide bonds. The molecule has 3 aromatic heterocycles. The van der Waals surface area contributed by atoms with Crippen molar-refractivity contribution in [3.05, 3.63) is 48.0 Å². The quantitative estimate of drug-likeness (QED) is 0.362. The second-order valence-electron chi connectivity index (χ2n) is 8.26. The van der Waals surface area contributed by atoms with Gasteiger partial charge in [0.25, 0.3) is 12.4 Å². The number of pyridine rings is 1. The number of rotatable bonds is 8. The third-order valence-corrected chi connectivity index (χ3v) is 5.98. The number of carbonyl (C=O) groups excluding carboxylic acids is 2. The van der Waals surface area contributed by atoms with Gasteiger partial charge in [0, 0.05) is 49.4 Å². The molecule has 1 fully saturated rings. The third kappa shape index (κ3) is 6.64. The SMILES string of the molecule is Cc1ccn(CCNC(=O)C[C@H]2CC[C@@H](CNC(=O)c3cc4cccnc4[nH]3)N2C)n1.O=CO. The number of likely N-dealkylation sites (N-methyl/N-ethyl adjacent to an activating group) is 1. The second kappa shape index (κ2) is 11.9. The number of aromatic amines is 1. The number of hydrogen-bond donors (Lipinski definition) is 4. The summed E-state index contributed by atoms with van der Waals surface area (Å²) in [5, 5.41) is 18.1. The third-order valence-electron chi connectivity index (χ3n) is 5.98. The number of carbonyl (C=O) groups is 3. The topological polar surface area (TPSA) is 145 Å². The summed E-state index contributed by atoms with van der Waals surface area (Å²) in [6.07, 6.45) is 5.97. The van der Waals surface area contributed by atoms with E-state index in [0.29, 0.717) is 37.4 Å². The molecule has 34 heavy (non-hydrogen) atoms. The number of likely N-dealkylation sites (tertiary alicyclic amines) is 1. The van der Waals surface area contributed by atoms with Gasteiger partial charge in [-0.2, -0.15) is 5.10 Å². The lowest BCUT2D eigenvalue weighted by molar-refractivity contribution is -0.123. The Hall–Kier alpha value is -3.73. The van der Waals surface area contributed by atoms with E-state index in [-0.39, 0.29) is 30.4 Å². The van der Waals surface area contributed by atoms with E-state index in [9.17, 15) is 9.59 Å². The Labute approximate surface area is 197 Å². The van der Waals surface area contributed by atoms with Crippen molar-refractivity contribution in [2.45, 2.75) is 44.8 Å². The molecule has 0 spiro atoms. The fourth-order valence-electron chi connectivity index (χ4n) is 4.15. The van der Waals surface area contributed by atoms with Crippen LogP contribution in [0, 0.1) is 6.92 Å². The zero-order chi connectivity index (χ0) is 24.5.